The Bertz CT molecular complexity index is 500. The van der Waals surface area contributed by atoms with Crippen molar-refractivity contribution >= 4 is 11.3 Å². The third kappa shape index (κ3) is 1.65. The normalized spacial score (nSPS) is 20.6. The third-order valence-electron chi connectivity index (χ3n) is 3.02. The molecule has 2 aromatic rings. The molecule has 1 aliphatic rings. The largest absolute Gasteiger partial charge is 0.396 e. The number of hydrogen-bond donors (Lipinski definition) is 1. The van der Waals surface area contributed by atoms with E-state index in [-0.39, 0.29) is 0 Å². The quantitative estimate of drug-likeness (QED) is 0.832. The maximum absolute atomic E-state index is 5.86. The van der Waals surface area contributed by atoms with Gasteiger partial charge in [-0.1, -0.05) is 0 Å². The zero-order valence-electron chi connectivity index (χ0n) is 9.10. The van der Waals surface area contributed by atoms with E-state index < -0.39 is 0 Å². The lowest BCUT2D eigenvalue weighted by Crippen LogP contribution is -2.08. The number of pyridine rings is 1. The molecule has 0 amide bonds. The molecule has 0 spiro atoms. The minimum absolute atomic E-state index is 0.339. The van der Waals surface area contributed by atoms with E-state index in [0.717, 1.165) is 36.5 Å². The molecule has 2 N–H and O–H groups in total. The Balaban J connectivity index is 1.90. The van der Waals surface area contributed by atoms with Crippen LogP contribution in [-0.2, 0) is 11.2 Å². The van der Waals surface area contributed by atoms with E-state index in [0.29, 0.717) is 6.10 Å². The van der Waals surface area contributed by atoms with Crippen molar-refractivity contribution in [2.45, 2.75) is 25.4 Å². The summed E-state index contributed by atoms with van der Waals surface area (Å²) in [5.74, 6) is 0. The molecule has 1 fully saturated rings. The molecule has 16 heavy (non-hydrogen) atoms. The second-order valence-corrected chi connectivity index (χ2v) is 4.27. The first kappa shape index (κ1) is 9.66. The van der Waals surface area contributed by atoms with E-state index in [1.807, 2.05) is 28.9 Å². The summed E-state index contributed by atoms with van der Waals surface area (Å²) in [6.45, 7) is 0.889. The molecule has 0 aromatic carbocycles. The van der Waals surface area contributed by atoms with Crippen LogP contribution in [0.5, 0.6) is 0 Å². The van der Waals surface area contributed by atoms with Crippen LogP contribution in [-0.4, -0.2) is 22.1 Å². The maximum Gasteiger partial charge on any atom is 0.160 e. The average Bonchev–Trinajstić information content (AvgIpc) is 2.88. The topological polar surface area (TPSA) is 52.5 Å². The van der Waals surface area contributed by atoms with Gasteiger partial charge in [0, 0.05) is 25.4 Å². The fourth-order valence-corrected chi connectivity index (χ4v) is 2.22. The highest BCUT2D eigenvalue weighted by molar-refractivity contribution is 5.64. The standard InChI is InChI=1S/C12H15N3O/c13-11-4-1-5-15-8-9(14-12(11)15)7-10-3-2-6-16-10/h1,4-5,8,10H,2-3,6-7,13H2. The van der Waals surface area contributed by atoms with Gasteiger partial charge in [0.1, 0.15) is 0 Å². The minimum Gasteiger partial charge on any atom is -0.396 e. The molecule has 4 heteroatoms. The van der Waals surface area contributed by atoms with Crippen molar-refractivity contribution in [2.75, 3.05) is 12.3 Å². The second kappa shape index (κ2) is 3.79. The molecule has 1 aliphatic heterocycles. The van der Waals surface area contributed by atoms with Gasteiger partial charge in [-0.25, -0.2) is 4.98 Å². The van der Waals surface area contributed by atoms with Crippen LogP contribution in [0.4, 0.5) is 5.69 Å². The van der Waals surface area contributed by atoms with Crippen molar-refractivity contribution < 1.29 is 4.74 Å². The van der Waals surface area contributed by atoms with Crippen LogP contribution >= 0.6 is 0 Å². The highest BCUT2D eigenvalue weighted by Gasteiger charge is 2.17. The lowest BCUT2D eigenvalue weighted by atomic mass is 10.1. The summed E-state index contributed by atoms with van der Waals surface area (Å²) in [6.07, 6.45) is 7.54. The van der Waals surface area contributed by atoms with Crippen LogP contribution < -0.4 is 5.73 Å². The van der Waals surface area contributed by atoms with Crippen molar-refractivity contribution in [3.05, 3.63) is 30.2 Å². The molecule has 1 saturated heterocycles. The molecule has 4 nitrogen and oxygen atoms in total. The lowest BCUT2D eigenvalue weighted by Gasteiger charge is -2.05. The monoisotopic (exact) mass is 217 g/mol. The molecular weight excluding hydrogens is 202 g/mol. The van der Waals surface area contributed by atoms with E-state index in [9.17, 15) is 0 Å². The fourth-order valence-electron chi connectivity index (χ4n) is 2.22. The summed E-state index contributed by atoms with van der Waals surface area (Å²) in [5.41, 5.74) is 8.49. The molecule has 1 unspecified atom stereocenters. The Hall–Kier alpha value is -1.55. The maximum atomic E-state index is 5.86. The van der Waals surface area contributed by atoms with Gasteiger partial charge in [0.05, 0.1) is 17.5 Å². The Kier molecular flexibility index (Phi) is 2.29. The SMILES string of the molecule is Nc1cccn2cc(CC3CCCO3)nc12. The van der Waals surface area contributed by atoms with Crippen LogP contribution in [0.25, 0.3) is 5.65 Å². The Morgan fingerprint density at radius 1 is 1.56 bits per heavy atom. The van der Waals surface area contributed by atoms with Gasteiger partial charge in [-0.15, -0.1) is 0 Å². The molecule has 0 bridgehead atoms. The van der Waals surface area contributed by atoms with Crippen LogP contribution in [0.1, 0.15) is 18.5 Å². The number of imidazole rings is 1. The highest BCUT2D eigenvalue weighted by Crippen LogP contribution is 2.18. The number of anilines is 1. The summed E-state index contributed by atoms with van der Waals surface area (Å²) in [7, 11) is 0. The third-order valence-corrected chi connectivity index (χ3v) is 3.02. The van der Waals surface area contributed by atoms with Gasteiger partial charge >= 0.3 is 0 Å². The van der Waals surface area contributed by atoms with Crippen molar-refractivity contribution in [3.8, 4) is 0 Å². The average molecular weight is 217 g/mol. The molecule has 3 heterocycles. The van der Waals surface area contributed by atoms with E-state index >= 15 is 0 Å². The number of aromatic nitrogens is 2. The van der Waals surface area contributed by atoms with Gasteiger partial charge in [-0.2, -0.15) is 0 Å². The second-order valence-electron chi connectivity index (χ2n) is 4.27. The van der Waals surface area contributed by atoms with E-state index in [2.05, 4.69) is 4.98 Å². The van der Waals surface area contributed by atoms with E-state index in [1.165, 1.54) is 6.42 Å². The van der Waals surface area contributed by atoms with Gasteiger partial charge in [0.15, 0.2) is 5.65 Å². The predicted molar refractivity (Wildman–Crippen MR) is 62.3 cm³/mol. The zero-order valence-corrected chi connectivity index (χ0v) is 9.10. The van der Waals surface area contributed by atoms with Crippen LogP contribution in [0, 0.1) is 0 Å². The smallest absolute Gasteiger partial charge is 0.160 e. The van der Waals surface area contributed by atoms with E-state index in [1.54, 1.807) is 0 Å². The fraction of sp³-hybridized carbons (Fsp3) is 0.417. The number of ether oxygens (including phenoxy) is 1. The van der Waals surface area contributed by atoms with Crippen molar-refractivity contribution in [1.29, 1.82) is 0 Å². The number of fused-ring (bicyclic) bond motifs is 1. The Labute approximate surface area is 94.0 Å². The molecule has 0 saturated carbocycles. The number of nitrogens with zero attached hydrogens (tertiary/aromatic N) is 2. The number of hydrogen-bond acceptors (Lipinski definition) is 3. The molecular formula is C12H15N3O. The molecule has 3 rings (SSSR count). The van der Waals surface area contributed by atoms with Crippen molar-refractivity contribution in [1.82, 2.24) is 9.38 Å². The molecule has 84 valence electrons. The number of rotatable bonds is 2. The molecule has 0 radical (unpaired) electrons. The van der Waals surface area contributed by atoms with Crippen LogP contribution in [0.3, 0.4) is 0 Å². The van der Waals surface area contributed by atoms with Gasteiger partial charge in [-0.3, -0.25) is 0 Å². The summed E-state index contributed by atoms with van der Waals surface area (Å²) in [6, 6.07) is 3.80. The summed E-state index contributed by atoms with van der Waals surface area (Å²) in [4.78, 5) is 4.53. The van der Waals surface area contributed by atoms with Crippen molar-refractivity contribution in [2.24, 2.45) is 0 Å². The highest BCUT2D eigenvalue weighted by atomic mass is 16.5. The van der Waals surface area contributed by atoms with Gasteiger partial charge < -0.3 is 14.9 Å². The minimum atomic E-state index is 0.339. The van der Waals surface area contributed by atoms with Gasteiger partial charge in [-0.05, 0) is 25.0 Å². The zero-order chi connectivity index (χ0) is 11.0. The molecule has 0 aliphatic carbocycles. The first-order valence-corrected chi connectivity index (χ1v) is 5.66. The Morgan fingerprint density at radius 2 is 2.50 bits per heavy atom. The van der Waals surface area contributed by atoms with Crippen LogP contribution in [0.2, 0.25) is 0 Å². The van der Waals surface area contributed by atoms with Crippen LogP contribution in [0.15, 0.2) is 24.5 Å². The first-order chi connectivity index (χ1) is 7.83. The van der Waals surface area contributed by atoms with E-state index in [4.69, 9.17) is 10.5 Å². The first-order valence-electron chi connectivity index (χ1n) is 5.66. The van der Waals surface area contributed by atoms with Gasteiger partial charge in [0.25, 0.3) is 0 Å². The summed E-state index contributed by atoms with van der Waals surface area (Å²) < 4.78 is 7.57. The lowest BCUT2D eigenvalue weighted by molar-refractivity contribution is 0.111. The Morgan fingerprint density at radius 3 is 3.25 bits per heavy atom. The van der Waals surface area contributed by atoms with Gasteiger partial charge in [0.2, 0.25) is 0 Å². The summed E-state index contributed by atoms with van der Waals surface area (Å²) in [5, 5.41) is 0. The molecule has 2 aromatic heterocycles. The number of nitrogens with two attached hydrogens (primary N) is 1. The number of nitrogen functional groups attached to an aromatic ring is 1. The van der Waals surface area contributed by atoms with Crippen molar-refractivity contribution in [3.63, 3.8) is 0 Å². The summed E-state index contributed by atoms with van der Waals surface area (Å²) >= 11 is 0. The molecule has 1 atom stereocenters. The predicted octanol–water partition coefficient (Wildman–Crippen LogP) is 1.64.